The van der Waals surface area contributed by atoms with Crippen molar-refractivity contribution in [1.29, 1.82) is 0 Å². The lowest BCUT2D eigenvalue weighted by Gasteiger charge is -2.24. The van der Waals surface area contributed by atoms with E-state index in [2.05, 4.69) is 52.7 Å². The van der Waals surface area contributed by atoms with Gasteiger partial charge in [0.05, 0.1) is 17.6 Å². The van der Waals surface area contributed by atoms with Crippen LogP contribution in [-0.2, 0) is 6.42 Å². The molecule has 0 radical (unpaired) electrons. The number of nitrogens with one attached hydrogen (secondary N) is 2. The summed E-state index contributed by atoms with van der Waals surface area (Å²) in [4.78, 5) is 12.5. The molecular formula is C34H36FN5S. The average Bonchev–Trinajstić information content (AvgIpc) is 3.66. The van der Waals surface area contributed by atoms with Gasteiger partial charge in [-0.1, -0.05) is 44.6 Å². The number of hydrogen-bond acceptors (Lipinski definition) is 5. The number of imidazole rings is 1. The Morgan fingerprint density at radius 2 is 2.00 bits per heavy atom. The number of allylic oxidation sites excluding steroid dienone is 3. The van der Waals surface area contributed by atoms with E-state index in [9.17, 15) is 0 Å². The molecule has 4 N–H and O–H groups in total. The number of nitrogen functional groups attached to an aromatic ring is 1. The van der Waals surface area contributed by atoms with Gasteiger partial charge >= 0.3 is 0 Å². The molecule has 0 aliphatic heterocycles. The summed E-state index contributed by atoms with van der Waals surface area (Å²) in [7, 11) is 0. The molecule has 210 valence electrons. The highest BCUT2D eigenvalue weighted by Gasteiger charge is 2.20. The van der Waals surface area contributed by atoms with Crippen molar-refractivity contribution in [1.82, 2.24) is 15.0 Å². The molecule has 0 amide bonds. The van der Waals surface area contributed by atoms with Crippen LogP contribution >= 0.6 is 11.3 Å². The molecule has 1 aliphatic rings. The van der Waals surface area contributed by atoms with Gasteiger partial charge in [0.15, 0.2) is 0 Å². The number of aromatic nitrogens is 3. The largest absolute Gasteiger partial charge is 0.398 e. The van der Waals surface area contributed by atoms with Crippen molar-refractivity contribution in [3.05, 3.63) is 113 Å². The van der Waals surface area contributed by atoms with Crippen molar-refractivity contribution < 1.29 is 4.39 Å². The molecule has 1 saturated carbocycles. The smallest absolute Gasteiger partial charge is 0.136 e. The van der Waals surface area contributed by atoms with Crippen LogP contribution in [0.2, 0.25) is 0 Å². The minimum absolute atomic E-state index is 0.237. The number of H-pyrrole nitrogens is 1. The van der Waals surface area contributed by atoms with Gasteiger partial charge in [-0.25, -0.2) is 9.37 Å². The van der Waals surface area contributed by atoms with Crippen LogP contribution in [0.25, 0.3) is 16.7 Å². The lowest BCUT2D eigenvalue weighted by atomic mass is 9.87. The van der Waals surface area contributed by atoms with E-state index >= 15 is 4.39 Å². The zero-order valence-corrected chi connectivity index (χ0v) is 24.2. The van der Waals surface area contributed by atoms with Crippen molar-refractivity contribution in [2.75, 3.05) is 11.1 Å². The van der Waals surface area contributed by atoms with Crippen LogP contribution in [-0.4, -0.2) is 15.0 Å². The van der Waals surface area contributed by atoms with Gasteiger partial charge in [0.1, 0.15) is 11.6 Å². The van der Waals surface area contributed by atoms with Crippen LogP contribution < -0.4 is 11.1 Å². The van der Waals surface area contributed by atoms with Crippen molar-refractivity contribution in [3.8, 4) is 24.0 Å². The summed E-state index contributed by atoms with van der Waals surface area (Å²) >= 11 is 1.62. The van der Waals surface area contributed by atoms with E-state index in [-0.39, 0.29) is 12.2 Å². The lowest BCUT2D eigenvalue weighted by Crippen LogP contribution is -2.14. The standard InChI is InChI=1S/C32H34FN5S.C2H2/c1-4-8-27(23-13-14-39-19-23)32-21(3)37-30(38-32)16-28-29(34)12-11-26(31(28)33)24-15-25(18-35-17-24)36-20(2)22-9-6-5-7-10-22;1-2/h4,8,11-15,17-19,22,36H,1-2,5-7,9-10,16,34H2,3H3,(H,37,38);1-2H/b27-8-;. The number of thiophene rings is 1. The zero-order chi connectivity index (χ0) is 29.4. The maximum atomic E-state index is 16.0. The number of terminal acetylenes is 1. The summed E-state index contributed by atoms with van der Waals surface area (Å²) in [6.45, 7) is 10.1. The molecule has 1 fully saturated rings. The number of anilines is 2. The fourth-order valence-corrected chi connectivity index (χ4v) is 5.97. The first-order chi connectivity index (χ1) is 19.9. The number of benzene rings is 1. The number of nitrogens with two attached hydrogens (primary N) is 1. The third-order valence-electron chi connectivity index (χ3n) is 7.38. The maximum Gasteiger partial charge on any atom is 0.136 e. The number of halogens is 1. The van der Waals surface area contributed by atoms with Gasteiger partial charge < -0.3 is 16.0 Å². The highest BCUT2D eigenvalue weighted by molar-refractivity contribution is 7.08. The monoisotopic (exact) mass is 565 g/mol. The molecule has 0 bridgehead atoms. The molecule has 41 heavy (non-hydrogen) atoms. The topological polar surface area (TPSA) is 79.6 Å². The first kappa shape index (κ1) is 29.6. The van der Waals surface area contributed by atoms with Crippen molar-refractivity contribution in [3.63, 3.8) is 0 Å². The van der Waals surface area contributed by atoms with Gasteiger partial charge in [0, 0.05) is 52.0 Å². The molecule has 5 nitrogen and oxygen atoms in total. The third kappa shape index (κ3) is 6.85. The number of aromatic amines is 1. The van der Waals surface area contributed by atoms with Crippen molar-refractivity contribution >= 4 is 28.3 Å². The molecule has 3 aromatic heterocycles. The molecule has 4 aromatic rings. The maximum absolute atomic E-state index is 16.0. The number of hydrogen-bond donors (Lipinski definition) is 3. The summed E-state index contributed by atoms with van der Waals surface area (Å²) in [5.41, 5.74) is 13.8. The molecule has 0 spiro atoms. The predicted octanol–water partition coefficient (Wildman–Crippen LogP) is 8.53. The third-order valence-corrected chi connectivity index (χ3v) is 8.06. The highest BCUT2D eigenvalue weighted by atomic mass is 32.1. The summed E-state index contributed by atoms with van der Waals surface area (Å²) in [6, 6.07) is 7.43. The van der Waals surface area contributed by atoms with Gasteiger partial charge in [-0.3, -0.25) is 4.98 Å². The van der Waals surface area contributed by atoms with Gasteiger partial charge in [0.25, 0.3) is 0 Å². The summed E-state index contributed by atoms with van der Waals surface area (Å²) in [6.07, 6.45) is 21.4. The molecule has 0 unspecified atom stereocenters. The van der Waals surface area contributed by atoms with Crippen LogP contribution in [0.1, 0.15) is 60.4 Å². The number of nitrogens with zero attached hydrogens (tertiary/aromatic N) is 2. The highest BCUT2D eigenvalue weighted by Crippen LogP contribution is 2.33. The molecule has 1 aliphatic carbocycles. The Hall–Kier alpha value is -4.41. The predicted molar refractivity (Wildman–Crippen MR) is 171 cm³/mol. The average molecular weight is 566 g/mol. The number of rotatable bonds is 9. The van der Waals surface area contributed by atoms with Crippen LogP contribution in [0.3, 0.4) is 0 Å². The Morgan fingerprint density at radius 3 is 2.71 bits per heavy atom. The Bertz CT molecular complexity index is 1560. The summed E-state index contributed by atoms with van der Waals surface area (Å²) in [5.74, 6) is 0.744. The van der Waals surface area contributed by atoms with Gasteiger partial charge in [-0.05, 0) is 66.3 Å². The van der Waals surface area contributed by atoms with E-state index in [0.29, 0.717) is 34.1 Å². The zero-order valence-electron chi connectivity index (χ0n) is 23.4. The van der Waals surface area contributed by atoms with Gasteiger partial charge in [-0.2, -0.15) is 11.3 Å². The second-order valence-corrected chi connectivity index (χ2v) is 10.9. The van der Waals surface area contributed by atoms with Gasteiger partial charge in [-0.15, -0.1) is 12.8 Å². The Labute approximate surface area is 246 Å². The lowest BCUT2D eigenvalue weighted by molar-refractivity contribution is 0.405. The molecule has 1 aromatic carbocycles. The minimum Gasteiger partial charge on any atom is -0.398 e. The molecule has 3 heterocycles. The SMILES string of the molecule is C#C.C=C/C=C(/c1ccsc1)c1nc(Cc2c(N)ccc(-c3cncc(NC(=C)C4CCCCC4)c3)c2F)[nH]c1C. The Balaban J connectivity index is 0.00000189. The van der Waals surface area contributed by atoms with Crippen LogP contribution in [0.15, 0.2) is 78.4 Å². The molecular weight excluding hydrogens is 529 g/mol. The number of pyridine rings is 1. The van der Waals surface area contributed by atoms with E-state index in [1.165, 1.54) is 19.3 Å². The van der Waals surface area contributed by atoms with E-state index in [1.54, 1.807) is 41.9 Å². The van der Waals surface area contributed by atoms with Crippen molar-refractivity contribution in [2.24, 2.45) is 5.92 Å². The minimum atomic E-state index is -0.365. The summed E-state index contributed by atoms with van der Waals surface area (Å²) < 4.78 is 16.0. The van der Waals surface area contributed by atoms with E-state index in [0.717, 1.165) is 46.8 Å². The number of aryl methyl sites for hydroxylation is 1. The Kier molecular flexibility index (Phi) is 9.94. The van der Waals surface area contributed by atoms with Crippen LogP contribution in [0.4, 0.5) is 15.8 Å². The molecule has 0 saturated heterocycles. The van der Waals surface area contributed by atoms with Gasteiger partial charge in [0.2, 0.25) is 0 Å². The van der Waals surface area contributed by atoms with E-state index in [4.69, 9.17) is 10.7 Å². The first-order valence-corrected chi connectivity index (χ1v) is 14.6. The normalized spacial score (nSPS) is 13.7. The molecule has 7 heteroatoms. The van der Waals surface area contributed by atoms with Crippen LogP contribution in [0.5, 0.6) is 0 Å². The van der Waals surface area contributed by atoms with Crippen LogP contribution in [0, 0.1) is 31.5 Å². The Morgan fingerprint density at radius 1 is 1.22 bits per heavy atom. The van der Waals surface area contributed by atoms with E-state index < -0.39 is 0 Å². The quantitative estimate of drug-likeness (QED) is 0.108. The fourth-order valence-electron chi connectivity index (χ4n) is 5.32. The van der Waals surface area contributed by atoms with Crippen molar-refractivity contribution in [2.45, 2.75) is 45.4 Å². The summed E-state index contributed by atoms with van der Waals surface area (Å²) in [5, 5.41) is 7.52. The van der Waals surface area contributed by atoms with E-state index in [1.807, 2.05) is 24.4 Å². The molecule has 0 atom stereocenters. The second kappa shape index (κ2) is 13.8. The first-order valence-electron chi connectivity index (χ1n) is 13.7. The fraction of sp³-hybridized carbons (Fsp3) is 0.235. The molecule has 5 rings (SSSR count). The second-order valence-electron chi connectivity index (χ2n) is 10.1.